The topological polar surface area (TPSA) is 41.6 Å². The number of rotatable bonds is 2. The van der Waals surface area contributed by atoms with Crippen LogP contribution in [0.3, 0.4) is 0 Å². The molecule has 0 unspecified atom stereocenters. The number of benzene rings is 2. The zero-order valence-corrected chi connectivity index (χ0v) is 11.3. The standard InChI is InChI=1S/C14H9Cl2N3/c15-11-7-6-10(8-12(11)16)14-17-13(18-19-14)9-4-2-1-3-5-9/h1-8H,(H,17,18,19). The third-order valence-corrected chi connectivity index (χ3v) is 3.45. The van der Waals surface area contributed by atoms with Crippen molar-refractivity contribution in [2.24, 2.45) is 0 Å². The van der Waals surface area contributed by atoms with Crippen LogP contribution in [-0.4, -0.2) is 15.2 Å². The number of H-pyrrole nitrogens is 1. The number of hydrogen-bond donors (Lipinski definition) is 1. The average Bonchev–Trinajstić information content (AvgIpc) is 2.93. The molecule has 94 valence electrons. The molecule has 0 saturated carbocycles. The first-order valence-corrected chi connectivity index (χ1v) is 6.43. The molecule has 0 aliphatic carbocycles. The van der Waals surface area contributed by atoms with Crippen LogP contribution in [0.5, 0.6) is 0 Å². The monoisotopic (exact) mass is 289 g/mol. The SMILES string of the molecule is Clc1ccc(-c2n[nH]c(-c3ccccc3)n2)cc1Cl. The summed E-state index contributed by atoms with van der Waals surface area (Å²) in [5, 5.41) is 8.12. The van der Waals surface area contributed by atoms with Crippen LogP contribution in [0.15, 0.2) is 48.5 Å². The molecule has 3 rings (SSSR count). The summed E-state index contributed by atoms with van der Waals surface area (Å²) in [6.45, 7) is 0. The lowest BCUT2D eigenvalue weighted by Gasteiger charge is -1.98. The van der Waals surface area contributed by atoms with Crippen molar-refractivity contribution >= 4 is 23.2 Å². The molecule has 0 atom stereocenters. The minimum Gasteiger partial charge on any atom is -0.259 e. The molecular formula is C14H9Cl2N3. The highest BCUT2D eigenvalue weighted by Crippen LogP contribution is 2.27. The van der Waals surface area contributed by atoms with Gasteiger partial charge in [-0.3, -0.25) is 5.10 Å². The molecular weight excluding hydrogens is 281 g/mol. The first kappa shape index (κ1) is 12.2. The van der Waals surface area contributed by atoms with Crippen LogP contribution in [0.2, 0.25) is 10.0 Å². The summed E-state index contributed by atoms with van der Waals surface area (Å²) in [7, 11) is 0. The van der Waals surface area contributed by atoms with Gasteiger partial charge in [0.25, 0.3) is 0 Å². The third kappa shape index (κ3) is 2.48. The minimum absolute atomic E-state index is 0.491. The van der Waals surface area contributed by atoms with E-state index in [1.165, 1.54) is 0 Å². The summed E-state index contributed by atoms with van der Waals surface area (Å²) in [6, 6.07) is 15.1. The van der Waals surface area contributed by atoms with Crippen LogP contribution in [0.1, 0.15) is 0 Å². The summed E-state index contributed by atoms with van der Waals surface area (Å²) in [6.07, 6.45) is 0. The molecule has 1 N–H and O–H groups in total. The molecule has 0 radical (unpaired) electrons. The summed E-state index contributed by atoms with van der Waals surface area (Å²) in [5.41, 5.74) is 1.81. The van der Waals surface area contributed by atoms with E-state index in [9.17, 15) is 0 Å². The van der Waals surface area contributed by atoms with E-state index in [2.05, 4.69) is 15.2 Å². The summed E-state index contributed by atoms with van der Waals surface area (Å²) >= 11 is 11.9. The van der Waals surface area contributed by atoms with Crippen LogP contribution in [0, 0.1) is 0 Å². The molecule has 2 aromatic carbocycles. The predicted molar refractivity (Wildman–Crippen MR) is 77.3 cm³/mol. The maximum absolute atomic E-state index is 5.99. The van der Waals surface area contributed by atoms with E-state index in [1.54, 1.807) is 12.1 Å². The highest BCUT2D eigenvalue weighted by Gasteiger charge is 2.08. The lowest BCUT2D eigenvalue weighted by molar-refractivity contribution is 1.10. The van der Waals surface area contributed by atoms with E-state index in [0.29, 0.717) is 15.9 Å². The smallest absolute Gasteiger partial charge is 0.181 e. The molecule has 1 heterocycles. The van der Waals surface area contributed by atoms with Crippen molar-refractivity contribution in [2.75, 3.05) is 0 Å². The van der Waals surface area contributed by atoms with Gasteiger partial charge in [-0.15, -0.1) is 0 Å². The van der Waals surface area contributed by atoms with E-state index in [-0.39, 0.29) is 0 Å². The molecule has 0 fully saturated rings. The highest BCUT2D eigenvalue weighted by atomic mass is 35.5. The Bertz CT molecular complexity index is 708. The van der Waals surface area contributed by atoms with Gasteiger partial charge in [0, 0.05) is 11.1 Å². The Kier molecular flexibility index (Phi) is 3.23. The molecule has 0 saturated heterocycles. The summed E-state index contributed by atoms with van der Waals surface area (Å²) < 4.78 is 0. The summed E-state index contributed by atoms with van der Waals surface area (Å²) in [5.74, 6) is 1.32. The molecule has 3 aromatic rings. The Balaban J connectivity index is 1.99. The third-order valence-electron chi connectivity index (χ3n) is 2.71. The Morgan fingerprint density at radius 1 is 0.842 bits per heavy atom. The second kappa shape index (κ2) is 5.03. The van der Waals surface area contributed by atoms with Gasteiger partial charge in [0.15, 0.2) is 11.6 Å². The van der Waals surface area contributed by atoms with Gasteiger partial charge in [-0.2, -0.15) is 5.10 Å². The van der Waals surface area contributed by atoms with Gasteiger partial charge in [-0.05, 0) is 18.2 Å². The number of hydrogen-bond acceptors (Lipinski definition) is 2. The molecule has 0 amide bonds. The van der Waals surface area contributed by atoms with E-state index in [1.807, 2.05) is 36.4 Å². The van der Waals surface area contributed by atoms with Crippen molar-refractivity contribution < 1.29 is 0 Å². The van der Waals surface area contributed by atoms with Gasteiger partial charge < -0.3 is 0 Å². The average molecular weight is 290 g/mol. The maximum Gasteiger partial charge on any atom is 0.181 e. The molecule has 5 heteroatoms. The fourth-order valence-corrected chi connectivity index (χ4v) is 2.05. The molecule has 0 aliphatic rings. The predicted octanol–water partition coefficient (Wildman–Crippen LogP) is 4.45. The van der Waals surface area contributed by atoms with Gasteiger partial charge >= 0.3 is 0 Å². The first-order valence-electron chi connectivity index (χ1n) is 5.67. The number of halogens is 2. The van der Waals surface area contributed by atoms with Crippen molar-refractivity contribution in [2.45, 2.75) is 0 Å². The largest absolute Gasteiger partial charge is 0.259 e. The number of nitrogens with one attached hydrogen (secondary N) is 1. The van der Waals surface area contributed by atoms with Gasteiger partial charge in [-0.1, -0.05) is 53.5 Å². The van der Waals surface area contributed by atoms with Crippen LogP contribution < -0.4 is 0 Å². The lowest BCUT2D eigenvalue weighted by Crippen LogP contribution is -1.81. The quantitative estimate of drug-likeness (QED) is 0.757. The first-order chi connectivity index (χ1) is 9.24. The van der Waals surface area contributed by atoms with Gasteiger partial charge in [0.1, 0.15) is 0 Å². The highest BCUT2D eigenvalue weighted by molar-refractivity contribution is 6.42. The van der Waals surface area contributed by atoms with Crippen molar-refractivity contribution in [3.63, 3.8) is 0 Å². The fraction of sp³-hybridized carbons (Fsp3) is 0. The Hall–Kier alpha value is -1.84. The molecule has 3 nitrogen and oxygen atoms in total. The number of aromatic amines is 1. The van der Waals surface area contributed by atoms with E-state index >= 15 is 0 Å². The molecule has 0 aliphatic heterocycles. The van der Waals surface area contributed by atoms with E-state index < -0.39 is 0 Å². The minimum atomic E-state index is 0.491. The number of nitrogens with zero attached hydrogens (tertiary/aromatic N) is 2. The molecule has 0 spiro atoms. The Labute approximate surface area is 120 Å². The lowest BCUT2D eigenvalue weighted by atomic mass is 10.2. The van der Waals surface area contributed by atoms with Crippen molar-refractivity contribution in [1.29, 1.82) is 0 Å². The normalized spacial score (nSPS) is 10.6. The van der Waals surface area contributed by atoms with Gasteiger partial charge in [0.05, 0.1) is 10.0 Å². The van der Waals surface area contributed by atoms with Crippen LogP contribution in [0.4, 0.5) is 0 Å². The molecule has 1 aromatic heterocycles. The Morgan fingerprint density at radius 2 is 1.63 bits per heavy atom. The second-order valence-corrected chi connectivity index (χ2v) is 4.82. The van der Waals surface area contributed by atoms with Crippen molar-refractivity contribution in [1.82, 2.24) is 15.2 Å². The van der Waals surface area contributed by atoms with Crippen molar-refractivity contribution in [3.05, 3.63) is 58.6 Å². The van der Waals surface area contributed by atoms with Gasteiger partial charge in [0.2, 0.25) is 0 Å². The van der Waals surface area contributed by atoms with Crippen molar-refractivity contribution in [3.8, 4) is 22.8 Å². The molecule has 0 bridgehead atoms. The van der Waals surface area contributed by atoms with Gasteiger partial charge in [-0.25, -0.2) is 4.98 Å². The van der Waals surface area contributed by atoms with Crippen LogP contribution >= 0.6 is 23.2 Å². The zero-order valence-electron chi connectivity index (χ0n) is 9.77. The molecule has 19 heavy (non-hydrogen) atoms. The van der Waals surface area contributed by atoms with Crippen LogP contribution in [-0.2, 0) is 0 Å². The fourth-order valence-electron chi connectivity index (χ4n) is 1.75. The van der Waals surface area contributed by atoms with E-state index in [0.717, 1.165) is 17.0 Å². The van der Waals surface area contributed by atoms with E-state index in [4.69, 9.17) is 23.2 Å². The summed E-state index contributed by atoms with van der Waals surface area (Å²) in [4.78, 5) is 4.45. The zero-order chi connectivity index (χ0) is 13.2. The number of aromatic nitrogens is 3. The van der Waals surface area contributed by atoms with Crippen LogP contribution in [0.25, 0.3) is 22.8 Å². The maximum atomic E-state index is 5.99. The second-order valence-electron chi connectivity index (χ2n) is 4.00. The Morgan fingerprint density at radius 3 is 2.37 bits per heavy atom.